The number of carbonyl (C=O) groups excluding carboxylic acids is 1. The molecule has 1 fully saturated rings. The van der Waals surface area contributed by atoms with Crippen LogP contribution < -0.4 is 16.4 Å². The fraction of sp³-hybridized carbons (Fsp3) is 0.625. The highest BCUT2D eigenvalue weighted by Gasteiger charge is 2.17. The minimum absolute atomic E-state index is 0.155. The van der Waals surface area contributed by atoms with E-state index in [2.05, 4.69) is 27.1 Å². The molecule has 0 radical (unpaired) electrons. The van der Waals surface area contributed by atoms with Crippen LogP contribution in [0.1, 0.15) is 37.0 Å². The van der Waals surface area contributed by atoms with Gasteiger partial charge in [-0.1, -0.05) is 18.9 Å². The Bertz CT molecular complexity index is 467. The number of hydrogen-bond donors (Lipinski definition) is 3. The van der Waals surface area contributed by atoms with Gasteiger partial charge in [0.1, 0.15) is 0 Å². The van der Waals surface area contributed by atoms with Gasteiger partial charge in [0.2, 0.25) is 5.91 Å². The largest absolute Gasteiger partial charge is 0.370 e. The first-order valence-corrected chi connectivity index (χ1v) is 8.95. The summed E-state index contributed by atoms with van der Waals surface area (Å²) in [7, 11) is 0. The lowest BCUT2D eigenvalue weighted by molar-refractivity contribution is -0.121. The molecule has 5 nitrogen and oxygen atoms in total. The van der Waals surface area contributed by atoms with Crippen LogP contribution in [0, 0.1) is 5.92 Å². The first-order valence-electron chi connectivity index (χ1n) is 8.07. The molecule has 6 heteroatoms. The second-order valence-corrected chi connectivity index (χ2v) is 6.76. The summed E-state index contributed by atoms with van der Waals surface area (Å²) in [6, 6.07) is 4.14. The summed E-state index contributed by atoms with van der Waals surface area (Å²) in [6.07, 6.45) is 6.55. The van der Waals surface area contributed by atoms with E-state index in [4.69, 9.17) is 5.73 Å². The highest BCUT2D eigenvalue weighted by Crippen LogP contribution is 2.27. The van der Waals surface area contributed by atoms with Gasteiger partial charge in [0.25, 0.3) is 0 Å². The average Bonchev–Trinajstić information content (AvgIpc) is 3.17. The smallest absolute Gasteiger partial charge is 0.220 e. The van der Waals surface area contributed by atoms with Crippen LogP contribution in [0.3, 0.4) is 0 Å². The molecule has 1 amide bonds. The quantitative estimate of drug-likeness (QED) is 0.388. The van der Waals surface area contributed by atoms with E-state index in [-0.39, 0.29) is 5.91 Å². The zero-order valence-corrected chi connectivity index (χ0v) is 13.8. The minimum atomic E-state index is 0.155. The zero-order valence-electron chi connectivity index (χ0n) is 13.0. The fourth-order valence-corrected chi connectivity index (χ4v) is 3.44. The van der Waals surface area contributed by atoms with Gasteiger partial charge in [0, 0.05) is 37.4 Å². The molecule has 2 rings (SSSR count). The second kappa shape index (κ2) is 9.46. The standard InChI is InChI=1S/C16H26N4OS/c17-16(19-8-7-14-6-3-11-22-14)20-10-9-18-15(21)12-13-4-1-2-5-13/h3,6,11,13H,1-2,4-5,7-10,12H2,(H,18,21)(H3,17,19,20). The number of carbonyl (C=O) groups is 1. The predicted molar refractivity (Wildman–Crippen MR) is 92.1 cm³/mol. The number of nitrogens with two attached hydrogens (primary N) is 1. The van der Waals surface area contributed by atoms with Gasteiger partial charge in [0.05, 0.1) is 0 Å². The summed E-state index contributed by atoms with van der Waals surface area (Å²) < 4.78 is 0. The van der Waals surface area contributed by atoms with Crippen molar-refractivity contribution in [3.63, 3.8) is 0 Å². The van der Waals surface area contributed by atoms with Gasteiger partial charge >= 0.3 is 0 Å². The maximum Gasteiger partial charge on any atom is 0.220 e. The molecule has 122 valence electrons. The van der Waals surface area contributed by atoms with Gasteiger partial charge in [-0.2, -0.15) is 0 Å². The summed E-state index contributed by atoms with van der Waals surface area (Å²) in [5.74, 6) is 1.19. The van der Waals surface area contributed by atoms with E-state index in [1.807, 2.05) is 6.07 Å². The molecule has 1 aliphatic rings. The number of nitrogens with zero attached hydrogens (tertiary/aromatic N) is 1. The molecule has 22 heavy (non-hydrogen) atoms. The number of nitrogens with one attached hydrogen (secondary N) is 2. The number of hydrogen-bond acceptors (Lipinski definition) is 3. The molecule has 0 bridgehead atoms. The maximum atomic E-state index is 11.7. The van der Waals surface area contributed by atoms with Crippen molar-refractivity contribution >= 4 is 23.2 Å². The second-order valence-electron chi connectivity index (χ2n) is 5.73. The number of thiophene rings is 1. The summed E-state index contributed by atoms with van der Waals surface area (Å²) >= 11 is 1.73. The van der Waals surface area contributed by atoms with Crippen molar-refractivity contribution in [3.05, 3.63) is 22.4 Å². The Morgan fingerprint density at radius 3 is 2.82 bits per heavy atom. The number of guanidine groups is 1. The minimum Gasteiger partial charge on any atom is -0.370 e. The van der Waals surface area contributed by atoms with Crippen molar-refractivity contribution in [2.24, 2.45) is 16.6 Å². The molecule has 0 aromatic carbocycles. The Labute approximate surface area is 136 Å². The van der Waals surface area contributed by atoms with Crippen LogP contribution in [-0.2, 0) is 11.2 Å². The SMILES string of the molecule is NC(=NCCc1cccs1)NCCNC(=O)CC1CCCC1. The molecule has 1 aliphatic carbocycles. The highest BCUT2D eigenvalue weighted by atomic mass is 32.1. The Morgan fingerprint density at radius 2 is 2.09 bits per heavy atom. The molecule has 0 unspecified atom stereocenters. The maximum absolute atomic E-state index is 11.7. The lowest BCUT2D eigenvalue weighted by Gasteiger charge is -2.10. The number of amides is 1. The van der Waals surface area contributed by atoms with E-state index in [0.717, 1.165) is 6.42 Å². The zero-order chi connectivity index (χ0) is 15.6. The first-order chi connectivity index (χ1) is 10.7. The highest BCUT2D eigenvalue weighted by molar-refractivity contribution is 7.09. The summed E-state index contributed by atoms with van der Waals surface area (Å²) in [5, 5.41) is 8.03. The Balaban J connectivity index is 1.50. The molecule has 1 aromatic rings. The Kier molecular flexibility index (Phi) is 7.22. The van der Waals surface area contributed by atoms with E-state index in [9.17, 15) is 4.79 Å². The van der Waals surface area contributed by atoms with Crippen molar-refractivity contribution in [2.45, 2.75) is 38.5 Å². The average molecular weight is 322 g/mol. The summed E-state index contributed by atoms with van der Waals surface area (Å²) in [5.41, 5.74) is 5.79. The van der Waals surface area contributed by atoms with Gasteiger partial charge in [0.15, 0.2) is 5.96 Å². The van der Waals surface area contributed by atoms with Crippen molar-refractivity contribution in [1.82, 2.24) is 10.6 Å². The molecule has 1 heterocycles. The van der Waals surface area contributed by atoms with E-state index >= 15 is 0 Å². The molecule has 1 aromatic heterocycles. The molecule has 0 atom stereocenters. The van der Waals surface area contributed by atoms with Crippen LogP contribution in [0.4, 0.5) is 0 Å². The summed E-state index contributed by atoms with van der Waals surface area (Å²) in [4.78, 5) is 17.3. The van der Waals surface area contributed by atoms with Crippen molar-refractivity contribution in [2.75, 3.05) is 19.6 Å². The van der Waals surface area contributed by atoms with Crippen LogP contribution >= 0.6 is 11.3 Å². The molecule has 4 N–H and O–H groups in total. The third-order valence-corrected chi connectivity index (χ3v) is 4.86. The topological polar surface area (TPSA) is 79.5 Å². The van der Waals surface area contributed by atoms with Gasteiger partial charge < -0.3 is 16.4 Å². The Morgan fingerprint density at radius 1 is 1.32 bits per heavy atom. The molecular weight excluding hydrogens is 296 g/mol. The van der Waals surface area contributed by atoms with Crippen molar-refractivity contribution in [3.8, 4) is 0 Å². The van der Waals surface area contributed by atoms with E-state index < -0.39 is 0 Å². The third kappa shape index (κ3) is 6.47. The van der Waals surface area contributed by atoms with Crippen LogP contribution in [0.2, 0.25) is 0 Å². The van der Waals surface area contributed by atoms with E-state index in [1.54, 1.807) is 11.3 Å². The lowest BCUT2D eigenvalue weighted by Crippen LogP contribution is -2.38. The van der Waals surface area contributed by atoms with Gasteiger partial charge in [-0.3, -0.25) is 9.79 Å². The molecule has 0 aliphatic heterocycles. The van der Waals surface area contributed by atoms with Crippen LogP contribution in [-0.4, -0.2) is 31.5 Å². The number of aliphatic imine (C=N–C) groups is 1. The fourth-order valence-electron chi connectivity index (χ4n) is 2.74. The van der Waals surface area contributed by atoms with E-state index in [0.29, 0.717) is 37.9 Å². The van der Waals surface area contributed by atoms with Crippen LogP contribution in [0.25, 0.3) is 0 Å². The third-order valence-electron chi connectivity index (χ3n) is 3.92. The first kappa shape index (κ1) is 16.8. The molecular formula is C16H26N4OS. The van der Waals surface area contributed by atoms with Crippen molar-refractivity contribution in [1.29, 1.82) is 0 Å². The molecule has 0 spiro atoms. The normalized spacial score (nSPS) is 15.9. The Hall–Kier alpha value is -1.56. The molecule has 0 saturated heterocycles. The van der Waals surface area contributed by atoms with E-state index in [1.165, 1.54) is 30.6 Å². The van der Waals surface area contributed by atoms with Gasteiger partial charge in [-0.15, -0.1) is 11.3 Å². The molecule has 1 saturated carbocycles. The van der Waals surface area contributed by atoms with Crippen LogP contribution in [0.15, 0.2) is 22.5 Å². The summed E-state index contributed by atoms with van der Waals surface area (Å²) in [6.45, 7) is 1.89. The van der Waals surface area contributed by atoms with Crippen LogP contribution in [0.5, 0.6) is 0 Å². The lowest BCUT2D eigenvalue weighted by atomic mass is 10.0. The van der Waals surface area contributed by atoms with Crippen molar-refractivity contribution < 1.29 is 4.79 Å². The monoisotopic (exact) mass is 322 g/mol. The van der Waals surface area contributed by atoms with Gasteiger partial charge in [-0.25, -0.2) is 0 Å². The number of rotatable bonds is 8. The predicted octanol–water partition coefficient (Wildman–Crippen LogP) is 1.89. The van der Waals surface area contributed by atoms with Gasteiger partial charge in [-0.05, 0) is 30.2 Å².